The van der Waals surface area contributed by atoms with Crippen molar-refractivity contribution in [1.82, 2.24) is 24.3 Å². The minimum absolute atomic E-state index is 0.0394. The highest BCUT2D eigenvalue weighted by molar-refractivity contribution is 5.93. The zero-order chi connectivity index (χ0) is 17.3. The molecular weight excluding hydrogens is 304 g/mol. The molecule has 0 radical (unpaired) electrons. The molecule has 7 heteroatoms. The summed E-state index contributed by atoms with van der Waals surface area (Å²) in [6.45, 7) is 1.92. The molecule has 1 saturated heterocycles. The number of aromatic nitrogens is 3. The quantitative estimate of drug-likeness (QED) is 0.908. The van der Waals surface area contributed by atoms with Crippen molar-refractivity contribution < 1.29 is 4.79 Å². The molecule has 2 aromatic rings. The van der Waals surface area contributed by atoms with Crippen LogP contribution in [0.4, 0.5) is 5.82 Å². The summed E-state index contributed by atoms with van der Waals surface area (Å²) in [4.78, 5) is 24.4. The summed E-state index contributed by atoms with van der Waals surface area (Å²) >= 11 is 0. The Kier molecular flexibility index (Phi) is 4.53. The van der Waals surface area contributed by atoms with E-state index in [9.17, 15) is 4.79 Å². The lowest BCUT2D eigenvalue weighted by Gasteiger charge is -2.21. The molecule has 0 bridgehead atoms. The van der Waals surface area contributed by atoms with Crippen LogP contribution < -0.4 is 5.32 Å². The van der Waals surface area contributed by atoms with E-state index in [4.69, 9.17) is 0 Å². The van der Waals surface area contributed by atoms with Crippen LogP contribution in [0.25, 0.3) is 0 Å². The molecule has 0 aromatic carbocycles. The van der Waals surface area contributed by atoms with Crippen molar-refractivity contribution in [2.45, 2.75) is 12.0 Å². The summed E-state index contributed by atoms with van der Waals surface area (Å²) in [5.41, 5.74) is 1.81. The molecule has 0 unspecified atom stereocenters. The van der Waals surface area contributed by atoms with Gasteiger partial charge >= 0.3 is 0 Å². The van der Waals surface area contributed by atoms with Gasteiger partial charge in [0.05, 0.1) is 11.9 Å². The highest BCUT2D eigenvalue weighted by Crippen LogP contribution is 2.28. The molecule has 0 saturated carbocycles. The van der Waals surface area contributed by atoms with Gasteiger partial charge < -0.3 is 19.7 Å². The number of amides is 1. The molecule has 128 valence electrons. The van der Waals surface area contributed by atoms with Crippen molar-refractivity contribution in [1.29, 1.82) is 0 Å². The number of nitrogens with one attached hydrogen (secondary N) is 1. The van der Waals surface area contributed by atoms with Crippen molar-refractivity contribution in [3.05, 3.63) is 42.1 Å². The van der Waals surface area contributed by atoms with Crippen LogP contribution in [0.3, 0.4) is 0 Å². The lowest BCUT2D eigenvalue weighted by atomic mass is 10.00. The Hall–Kier alpha value is -2.41. The Bertz CT molecular complexity index is 708. The fourth-order valence-electron chi connectivity index (χ4n) is 3.23. The van der Waals surface area contributed by atoms with Crippen LogP contribution in [0.15, 0.2) is 30.9 Å². The third kappa shape index (κ3) is 3.26. The molecule has 2 atom stereocenters. The van der Waals surface area contributed by atoms with E-state index < -0.39 is 0 Å². The summed E-state index contributed by atoms with van der Waals surface area (Å²) in [6, 6.07) is 3.94. The van der Waals surface area contributed by atoms with Crippen LogP contribution in [0.2, 0.25) is 0 Å². The molecule has 7 nitrogen and oxygen atoms in total. The average molecular weight is 328 g/mol. The fourth-order valence-corrected chi connectivity index (χ4v) is 3.23. The van der Waals surface area contributed by atoms with E-state index in [0.717, 1.165) is 18.9 Å². The number of hydrogen-bond donors (Lipinski definition) is 1. The molecular formula is C17H24N6O. The highest BCUT2D eigenvalue weighted by atomic mass is 16.2. The lowest BCUT2D eigenvalue weighted by Crippen LogP contribution is -2.29. The van der Waals surface area contributed by atoms with E-state index in [1.54, 1.807) is 25.2 Å². The first-order chi connectivity index (χ1) is 11.5. The molecule has 1 aliphatic rings. The molecule has 3 heterocycles. The number of carbonyl (C=O) groups excluding carboxylic acids is 1. The van der Waals surface area contributed by atoms with Crippen molar-refractivity contribution in [3.8, 4) is 0 Å². The Balaban J connectivity index is 1.74. The second-order valence-corrected chi connectivity index (χ2v) is 6.64. The molecule has 0 aliphatic carbocycles. The number of likely N-dealkylation sites (N-methyl/N-ethyl adjacent to an activating group) is 1. The Morgan fingerprint density at radius 3 is 2.62 bits per heavy atom. The van der Waals surface area contributed by atoms with Crippen LogP contribution in [0.1, 0.15) is 22.0 Å². The van der Waals surface area contributed by atoms with Gasteiger partial charge in [0.25, 0.3) is 5.91 Å². The summed E-state index contributed by atoms with van der Waals surface area (Å²) in [5.74, 6) is 1.10. The molecule has 1 fully saturated rings. The van der Waals surface area contributed by atoms with Gasteiger partial charge in [-0.05, 0) is 19.2 Å². The van der Waals surface area contributed by atoms with Crippen LogP contribution in [-0.2, 0) is 7.05 Å². The maximum atomic E-state index is 11.9. The van der Waals surface area contributed by atoms with Gasteiger partial charge in [-0.2, -0.15) is 0 Å². The summed E-state index contributed by atoms with van der Waals surface area (Å²) < 4.78 is 2.07. The van der Waals surface area contributed by atoms with Crippen LogP contribution in [0, 0.1) is 0 Å². The van der Waals surface area contributed by atoms with Crippen molar-refractivity contribution in [2.24, 2.45) is 7.05 Å². The van der Waals surface area contributed by atoms with Gasteiger partial charge in [-0.15, -0.1) is 0 Å². The molecule has 0 spiro atoms. The first-order valence-electron chi connectivity index (χ1n) is 8.04. The van der Waals surface area contributed by atoms with Crippen molar-refractivity contribution in [3.63, 3.8) is 0 Å². The minimum atomic E-state index is -0.0394. The van der Waals surface area contributed by atoms with E-state index in [-0.39, 0.29) is 11.9 Å². The monoisotopic (exact) mass is 328 g/mol. The number of carbonyl (C=O) groups is 1. The topological polar surface area (TPSA) is 66.3 Å². The van der Waals surface area contributed by atoms with Gasteiger partial charge in [0.1, 0.15) is 5.82 Å². The van der Waals surface area contributed by atoms with Crippen LogP contribution in [0.5, 0.6) is 0 Å². The Morgan fingerprint density at radius 2 is 2.04 bits per heavy atom. The maximum absolute atomic E-state index is 11.9. The summed E-state index contributed by atoms with van der Waals surface area (Å²) in [6.07, 6.45) is 5.40. The molecule has 3 rings (SSSR count). The largest absolute Gasteiger partial charge is 0.365 e. The van der Waals surface area contributed by atoms with Gasteiger partial charge in [0, 0.05) is 64.3 Å². The number of nitrogens with zero attached hydrogens (tertiary/aromatic N) is 5. The van der Waals surface area contributed by atoms with Gasteiger partial charge in [-0.25, -0.2) is 9.97 Å². The average Bonchev–Trinajstić information content (AvgIpc) is 3.12. The van der Waals surface area contributed by atoms with Crippen LogP contribution >= 0.6 is 0 Å². The molecule has 2 aromatic heterocycles. The van der Waals surface area contributed by atoms with E-state index in [0.29, 0.717) is 11.5 Å². The molecule has 1 N–H and O–H groups in total. The number of pyridine rings is 1. The Morgan fingerprint density at radius 1 is 1.25 bits per heavy atom. The van der Waals surface area contributed by atoms with Crippen molar-refractivity contribution in [2.75, 3.05) is 39.5 Å². The second-order valence-electron chi connectivity index (χ2n) is 6.64. The van der Waals surface area contributed by atoms with E-state index in [1.165, 1.54) is 5.69 Å². The zero-order valence-electron chi connectivity index (χ0n) is 14.6. The minimum Gasteiger partial charge on any atom is -0.365 e. The number of rotatable bonds is 4. The van der Waals surface area contributed by atoms with Gasteiger partial charge in [0.2, 0.25) is 0 Å². The number of imidazole rings is 1. The van der Waals surface area contributed by atoms with E-state index in [1.807, 2.05) is 31.7 Å². The van der Waals surface area contributed by atoms with Gasteiger partial charge in [0.15, 0.2) is 0 Å². The molecule has 1 aliphatic heterocycles. The van der Waals surface area contributed by atoms with E-state index >= 15 is 0 Å². The third-order valence-electron chi connectivity index (χ3n) is 4.49. The Labute approximate surface area is 142 Å². The second kappa shape index (κ2) is 6.60. The predicted molar refractivity (Wildman–Crippen MR) is 93.1 cm³/mol. The van der Waals surface area contributed by atoms with Gasteiger partial charge in [-0.1, -0.05) is 0 Å². The number of anilines is 1. The highest BCUT2D eigenvalue weighted by Gasteiger charge is 2.33. The standard InChI is InChI=1S/C17H24N6O/c1-21(2)17(24)12-5-6-16(19-7-12)20-14-10-22(3)9-13(14)15-8-18-11-23(15)4/h5-8,11,13-14H,9-10H2,1-4H3,(H,19,20)/t13-,14-/m1/s1. The number of aryl methyl sites for hydroxylation is 1. The predicted octanol–water partition coefficient (Wildman–Crippen LogP) is 1.03. The fraction of sp³-hybridized carbons (Fsp3) is 0.471. The smallest absolute Gasteiger partial charge is 0.254 e. The van der Waals surface area contributed by atoms with E-state index in [2.05, 4.69) is 31.8 Å². The first kappa shape index (κ1) is 16.4. The third-order valence-corrected chi connectivity index (χ3v) is 4.49. The number of hydrogen-bond acceptors (Lipinski definition) is 5. The molecule has 24 heavy (non-hydrogen) atoms. The first-order valence-corrected chi connectivity index (χ1v) is 8.04. The number of likely N-dealkylation sites (tertiary alicyclic amines) is 1. The van der Waals surface area contributed by atoms with Gasteiger partial charge in [-0.3, -0.25) is 4.79 Å². The summed E-state index contributed by atoms with van der Waals surface area (Å²) in [7, 11) is 7.62. The SMILES string of the molecule is CN1C[C@@H](Nc2ccc(C(=O)N(C)C)cn2)[C@H](c2cncn2C)C1. The van der Waals surface area contributed by atoms with Crippen LogP contribution in [-0.4, -0.2) is 70.5 Å². The van der Waals surface area contributed by atoms with Crippen molar-refractivity contribution >= 4 is 11.7 Å². The zero-order valence-corrected chi connectivity index (χ0v) is 14.6. The normalized spacial score (nSPS) is 21.0. The maximum Gasteiger partial charge on any atom is 0.254 e. The lowest BCUT2D eigenvalue weighted by molar-refractivity contribution is 0.0827. The molecule has 1 amide bonds. The summed E-state index contributed by atoms with van der Waals surface area (Å²) in [5, 5.41) is 3.51.